The highest BCUT2D eigenvalue weighted by molar-refractivity contribution is 7.10. The SMILES string of the molecule is COC(=O)CC(NCc1ccc(C)c(Cl)c1)c1cccs1. The number of ether oxygens (including phenoxy) is 1. The molecule has 3 nitrogen and oxygen atoms in total. The van der Waals surface area contributed by atoms with Gasteiger partial charge in [-0.3, -0.25) is 4.79 Å². The molecule has 1 aromatic carbocycles. The van der Waals surface area contributed by atoms with Crippen molar-refractivity contribution in [3.8, 4) is 0 Å². The number of hydrogen-bond donors (Lipinski definition) is 1. The normalized spacial score (nSPS) is 12.1. The fourth-order valence-corrected chi connectivity index (χ4v) is 3.01. The number of carbonyl (C=O) groups excluding carboxylic acids is 1. The number of nitrogens with one attached hydrogen (secondary N) is 1. The molecular formula is C16H18ClNO2S. The zero-order valence-corrected chi connectivity index (χ0v) is 13.6. The van der Waals surface area contributed by atoms with Crippen molar-refractivity contribution >= 4 is 28.9 Å². The smallest absolute Gasteiger partial charge is 0.307 e. The summed E-state index contributed by atoms with van der Waals surface area (Å²) in [4.78, 5) is 12.7. The lowest BCUT2D eigenvalue weighted by atomic mass is 10.1. The van der Waals surface area contributed by atoms with Crippen LogP contribution in [0, 0.1) is 6.92 Å². The lowest BCUT2D eigenvalue weighted by Gasteiger charge is -2.16. The fourth-order valence-electron chi connectivity index (χ4n) is 2.00. The predicted molar refractivity (Wildman–Crippen MR) is 86.7 cm³/mol. The van der Waals surface area contributed by atoms with Crippen molar-refractivity contribution < 1.29 is 9.53 Å². The summed E-state index contributed by atoms with van der Waals surface area (Å²) in [6.45, 7) is 2.63. The monoisotopic (exact) mass is 323 g/mol. The standard InChI is InChI=1S/C16H18ClNO2S/c1-11-5-6-12(8-13(11)17)10-18-14(9-16(19)20-2)15-4-3-7-21-15/h3-8,14,18H,9-10H2,1-2H3. The van der Waals surface area contributed by atoms with E-state index in [1.165, 1.54) is 7.11 Å². The Labute approximate surface area is 133 Å². The molecule has 1 aromatic heterocycles. The molecule has 21 heavy (non-hydrogen) atoms. The molecule has 0 aliphatic carbocycles. The van der Waals surface area contributed by atoms with Gasteiger partial charge in [0.05, 0.1) is 19.6 Å². The second kappa shape index (κ2) is 7.59. The minimum Gasteiger partial charge on any atom is -0.469 e. The number of aryl methyl sites for hydroxylation is 1. The molecule has 0 aliphatic rings. The Morgan fingerprint density at radius 2 is 2.24 bits per heavy atom. The number of thiophene rings is 1. The molecule has 0 aliphatic heterocycles. The van der Waals surface area contributed by atoms with E-state index in [-0.39, 0.29) is 12.0 Å². The van der Waals surface area contributed by atoms with Crippen LogP contribution in [-0.2, 0) is 16.1 Å². The number of hydrogen-bond acceptors (Lipinski definition) is 4. The molecule has 1 N–H and O–H groups in total. The first-order valence-electron chi connectivity index (χ1n) is 6.68. The first-order valence-corrected chi connectivity index (χ1v) is 7.94. The Bertz CT molecular complexity index is 598. The van der Waals surface area contributed by atoms with Gasteiger partial charge in [-0.15, -0.1) is 11.3 Å². The van der Waals surface area contributed by atoms with E-state index in [0.717, 1.165) is 21.0 Å². The number of halogens is 1. The van der Waals surface area contributed by atoms with Gasteiger partial charge in [0.25, 0.3) is 0 Å². The lowest BCUT2D eigenvalue weighted by Crippen LogP contribution is -2.23. The molecule has 0 spiro atoms. The Hall–Kier alpha value is -1.36. The van der Waals surface area contributed by atoms with Crippen LogP contribution < -0.4 is 5.32 Å². The summed E-state index contributed by atoms with van der Waals surface area (Å²) in [7, 11) is 1.41. The van der Waals surface area contributed by atoms with E-state index in [0.29, 0.717) is 13.0 Å². The first-order chi connectivity index (χ1) is 10.1. The van der Waals surface area contributed by atoms with Crippen LogP contribution in [0.25, 0.3) is 0 Å². The molecule has 1 atom stereocenters. The van der Waals surface area contributed by atoms with Gasteiger partial charge >= 0.3 is 5.97 Å². The molecule has 0 bridgehead atoms. The van der Waals surface area contributed by atoms with Crippen molar-refractivity contribution in [1.82, 2.24) is 5.32 Å². The third-order valence-corrected chi connectivity index (χ3v) is 4.67. The van der Waals surface area contributed by atoms with Crippen molar-refractivity contribution in [2.75, 3.05) is 7.11 Å². The summed E-state index contributed by atoms with van der Waals surface area (Å²) in [6.07, 6.45) is 0.316. The number of benzene rings is 1. The number of esters is 1. The van der Waals surface area contributed by atoms with Gasteiger partial charge in [0.15, 0.2) is 0 Å². The van der Waals surface area contributed by atoms with Crippen LogP contribution in [0.15, 0.2) is 35.7 Å². The second-order valence-corrected chi connectivity index (χ2v) is 6.20. The minimum absolute atomic E-state index is 0.0440. The van der Waals surface area contributed by atoms with E-state index in [4.69, 9.17) is 16.3 Å². The molecule has 0 amide bonds. The van der Waals surface area contributed by atoms with E-state index >= 15 is 0 Å². The van der Waals surface area contributed by atoms with Gasteiger partial charge in [-0.2, -0.15) is 0 Å². The molecule has 0 fully saturated rings. The van der Waals surface area contributed by atoms with Crippen LogP contribution in [0.5, 0.6) is 0 Å². The fraction of sp³-hybridized carbons (Fsp3) is 0.312. The van der Waals surface area contributed by atoms with E-state index in [1.54, 1.807) is 11.3 Å². The maximum atomic E-state index is 11.5. The average molecular weight is 324 g/mol. The Balaban J connectivity index is 2.04. The molecule has 0 saturated heterocycles. The van der Waals surface area contributed by atoms with Gasteiger partial charge in [0, 0.05) is 16.4 Å². The van der Waals surface area contributed by atoms with Gasteiger partial charge in [-0.1, -0.05) is 29.8 Å². The van der Waals surface area contributed by atoms with Crippen LogP contribution in [0.2, 0.25) is 5.02 Å². The van der Waals surface area contributed by atoms with Crippen LogP contribution in [0.4, 0.5) is 0 Å². The van der Waals surface area contributed by atoms with E-state index in [9.17, 15) is 4.79 Å². The largest absolute Gasteiger partial charge is 0.469 e. The molecule has 0 radical (unpaired) electrons. The zero-order chi connectivity index (χ0) is 15.2. The van der Waals surface area contributed by atoms with Crippen molar-refractivity contribution in [1.29, 1.82) is 0 Å². The highest BCUT2D eigenvalue weighted by atomic mass is 35.5. The van der Waals surface area contributed by atoms with E-state index in [2.05, 4.69) is 5.32 Å². The van der Waals surface area contributed by atoms with Crippen molar-refractivity contribution in [2.24, 2.45) is 0 Å². The molecule has 1 heterocycles. The Morgan fingerprint density at radius 1 is 1.43 bits per heavy atom. The molecular weight excluding hydrogens is 306 g/mol. The van der Waals surface area contributed by atoms with E-state index in [1.807, 2.05) is 42.6 Å². The summed E-state index contributed by atoms with van der Waals surface area (Å²) in [5.74, 6) is -0.220. The maximum absolute atomic E-state index is 11.5. The topological polar surface area (TPSA) is 38.3 Å². The summed E-state index contributed by atoms with van der Waals surface area (Å²) >= 11 is 7.76. The molecule has 112 valence electrons. The van der Waals surface area contributed by atoms with Gasteiger partial charge < -0.3 is 10.1 Å². The maximum Gasteiger partial charge on any atom is 0.307 e. The highest BCUT2D eigenvalue weighted by Gasteiger charge is 2.17. The van der Waals surface area contributed by atoms with Crippen LogP contribution in [-0.4, -0.2) is 13.1 Å². The number of rotatable bonds is 6. The van der Waals surface area contributed by atoms with Crippen molar-refractivity contribution in [3.63, 3.8) is 0 Å². The number of carbonyl (C=O) groups is 1. The van der Waals surface area contributed by atoms with E-state index < -0.39 is 0 Å². The van der Waals surface area contributed by atoms with Crippen LogP contribution >= 0.6 is 22.9 Å². The molecule has 2 rings (SSSR count). The van der Waals surface area contributed by atoms with Gasteiger partial charge in [-0.05, 0) is 35.6 Å². The summed E-state index contributed by atoms with van der Waals surface area (Å²) in [6, 6.07) is 9.95. The van der Waals surface area contributed by atoms with Gasteiger partial charge in [0.1, 0.15) is 0 Å². The summed E-state index contributed by atoms with van der Waals surface area (Å²) < 4.78 is 4.77. The van der Waals surface area contributed by atoms with Gasteiger partial charge in [-0.25, -0.2) is 0 Å². The first kappa shape index (κ1) is 16.0. The predicted octanol–water partition coefficient (Wildman–Crippen LogP) is 4.10. The lowest BCUT2D eigenvalue weighted by molar-refractivity contribution is -0.141. The average Bonchev–Trinajstić information content (AvgIpc) is 3.00. The number of methoxy groups -OCH3 is 1. The highest BCUT2D eigenvalue weighted by Crippen LogP contribution is 2.23. The summed E-state index contributed by atoms with van der Waals surface area (Å²) in [5.41, 5.74) is 2.15. The van der Waals surface area contributed by atoms with Crippen molar-refractivity contribution in [3.05, 3.63) is 56.7 Å². The molecule has 1 unspecified atom stereocenters. The molecule has 2 aromatic rings. The molecule has 5 heteroatoms. The zero-order valence-electron chi connectivity index (χ0n) is 12.1. The molecule has 0 saturated carbocycles. The third-order valence-electron chi connectivity index (χ3n) is 3.27. The quantitative estimate of drug-likeness (QED) is 0.813. The van der Waals surface area contributed by atoms with Crippen LogP contribution in [0.3, 0.4) is 0 Å². The Morgan fingerprint density at radius 3 is 2.86 bits per heavy atom. The Kier molecular flexibility index (Phi) is 5.79. The second-order valence-electron chi connectivity index (χ2n) is 4.81. The van der Waals surface area contributed by atoms with Crippen LogP contribution in [0.1, 0.15) is 28.5 Å². The third kappa shape index (κ3) is 4.56. The summed E-state index contributed by atoms with van der Waals surface area (Å²) in [5, 5.41) is 6.16. The minimum atomic E-state index is -0.220. The van der Waals surface area contributed by atoms with Gasteiger partial charge in [0.2, 0.25) is 0 Å². The van der Waals surface area contributed by atoms with Crippen molar-refractivity contribution in [2.45, 2.75) is 25.9 Å².